The van der Waals surface area contributed by atoms with Crippen molar-refractivity contribution in [1.82, 2.24) is 9.80 Å². The van der Waals surface area contributed by atoms with E-state index >= 15 is 0 Å². The zero-order chi connectivity index (χ0) is 28.5. The van der Waals surface area contributed by atoms with E-state index in [0.717, 1.165) is 31.7 Å². The van der Waals surface area contributed by atoms with Gasteiger partial charge < -0.3 is 10.6 Å². The van der Waals surface area contributed by atoms with Crippen molar-refractivity contribution in [1.29, 1.82) is 0 Å². The number of anilines is 1. The monoisotopic (exact) mass is 586 g/mol. The molecule has 0 spiro atoms. The lowest BCUT2D eigenvalue weighted by molar-refractivity contribution is -0.131. The Labute approximate surface area is 225 Å². The molecule has 210 valence electrons. The molecule has 1 saturated heterocycles. The predicted octanol–water partition coefficient (Wildman–Crippen LogP) is 0.591. The fourth-order valence-electron chi connectivity index (χ4n) is 4.58. The van der Waals surface area contributed by atoms with E-state index < -0.39 is 41.8 Å². The van der Waals surface area contributed by atoms with E-state index in [1.54, 1.807) is 31.3 Å². The summed E-state index contributed by atoms with van der Waals surface area (Å²) in [7, 11) is -10.3. The first-order chi connectivity index (χ1) is 17.5. The Morgan fingerprint density at radius 1 is 1.00 bits per heavy atom. The highest BCUT2D eigenvalue weighted by Crippen LogP contribution is 2.29. The molecule has 38 heavy (non-hydrogen) atoms. The maximum Gasteiger partial charge on any atom is 0.245 e. The molecule has 1 aliphatic heterocycles. The topological polar surface area (TPSA) is 155 Å². The van der Waals surface area contributed by atoms with Crippen LogP contribution in [-0.2, 0) is 41.1 Å². The first kappa shape index (κ1) is 30.0. The second kappa shape index (κ2) is 11.3. The van der Waals surface area contributed by atoms with Gasteiger partial charge in [0.05, 0.1) is 35.6 Å². The number of hydrogen-bond acceptors (Lipinski definition) is 9. The van der Waals surface area contributed by atoms with Crippen molar-refractivity contribution in [2.75, 3.05) is 49.2 Å². The molecule has 11 nitrogen and oxygen atoms in total. The number of carbonyl (C=O) groups is 1. The zero-order valence-corrected chi connectivity index (χ0v) is 24.3. The molecule has 0 bridgehead atoms. The summed E-state index contributed by atoms with van der Waals surface area (Å²) in [6, 6.07) is 11.8. The van der Waals surface area contributed by atoms with Gasteiger partial charge in [0.25, 0.3) is 0 Å². The second-order valence-corrected chi connectivity index (χ2v) is 15.6. The summed E-state index contributed by atoms with van der Waals surface area (Å²) >= 11 is 0. The molecule has 0 aliphatic carbocycles. The predicted molar refractivity (Wildman–Crippen MR) is 146 cm³/mol. The molecule has 0 radical (unpaired) electrons. The van der Waals surface area contributed by atoms with Gasteiger partial charge in [-0.15, -0.1) is 0 Å². The molecule has 1 amide bonds. The normalized spacial score (nSPS) is 17.8. The number of sulfone groups is 1. The Kier molecular flexibility index (Phi) is 8.93. The van der Waals surface area contributed by atoms with Gasteiger partial charge in [-0.2, -0.15) is 3.71 Å². The lowest BCUT2D eigenvalue weighted by Crippen LogP contribution is -2.40. The van der Waals surface area contributed by atoms with Crippen molar-refractivity contribution >= 4 is 41.5 Å². The summed E-state index contributed by atoms with van der Waals surface area (Å²) in [6.07, 6.45) is 3.19. The highest BCUT2D eigenvalue weighted by Gasteiger charge is 2.32. The van der Waals surface area contributed by atoms with E-state index in [4.69, 9.17) is 5.73 Å². The van der Waals surface area contributed by atoms with Crippen LogP contribution >= 0.6 is 0 Å². The number of benzene rings is 2. The largest absolute Gasteiger partial charge is 0.337 e. The quantitative estimate of drug-likeness (QED) is 0.421. The molecule has 0 saturated carbocycles. The molecule has 1 heterocycles. The number of nitrogens with two attached hydrogens (primary N) is 1. The van der Waals surface area contributed by atoms with E-state index in [2.05, 4.69) is 4.90 Å². The Bertz CT molecular complexity index is 1480. The molecule has 2 N–H and O–H groups in total. The number of sulfonamides is 2. The number of nitrogens with zero attached hydrogens (tertiary/aromatic N) is 3. The Morgan fingerprint density at radius 2 is 1.63 bits per heavy atom. The smallest absolute Gasteiger partial charge is 0.245 e. The van der Waals surface area contributed by atoms with Crippen LogP contribution < -0.4 is 9.44 Å². The number of rotatable bonds is 10. The number of para-hydroxylation sites is 1. The summed E-state index contributed by atoms with van der Waals surface area (Å²) in [5.41, 5.74) is 6.78. The third kappa shape index (κ3) is 7.32. The van der Waals surface area contributed by atoms with Gasteiger partial charge in [-0.1, -0.05) is 30.3 Å². The summed E-state index contributed by atoms with van der Waals surface area (Å²) < 4.78 is 74.2. The highest BCUT2D eigenvalue weighted by molar-refractivity contribution is 8.09. The Balaban J connectivity index is 1.99. The highest BCUT2D eigenvalue weighted by atomic mass is 32.3. The van der Waals surface area contributed by atoms with Gasteiger partial charge in [0.15, 0.2) is 9.84 Å². The fraction of sp³-hybridized carbons (Fsp3) is 0.458. The van der Waals surface area contributed by atoms with Gasteiger partial charge in [0, 0.05) is 32.4 Å². The summed E-state index contributed by atoms with van der Waals surface area (Å²) in [6.45, 7) is 1.76. The standard InChI is InChI=1S/C24H34N4O7S3/c1-26(24(29)15-19-8-5-6-11-22(19)28(37(3,32)33)38(4,34)35)23(17-27-13-12-20(25)16-27)18-9-7-10-21(14-18)36(2,30)31/h5-11,14,20,23H,12-13,15-17,25H2,1-4H3/t20-,23+/m0/s1. The second-order valence-electron chi connectivity index (χ2n) is 9.70. The minimum Gasteiger partial charge on any atom is -0.337 e. The van der Waals surface area contributed by atoms with E-state index in [9.17, 15) is 30.0 Å². The van der Waals surface area contributed by atoms with Crippen LogP contribution in [0.1, 0.15) is 23.6 Å². The van der Waals surface area contributed by atoms with Crippen molar-refractivity contribution in [3.05, 3.63) is 59.7 Å². The molecule has 0 unspecified atom stereocenters. The molecule has 14 heteroatoms. The number of hydrogen-bond donors (Lipinski definition) is 1. The van der Waals surface area contributed by atoms with Crippen LogP contribution in [0.25, 0.3) is 0 Å². The number of carbonyl (C=O) groups excluding carboxylic acids is 1. The summed E-state index contributed by atoms with van der Waals surface area (Å²) in [5, 5.41) is 0. The van der Waals surface area contributed by atoms with Gasteiger partial charge in [-0.3, -0.25) is 9.69 Å². The van der Waals surface area contributed by atoms with Crippen molar-refractivity contribution < 1.29 is 30.0 Å². The maximum atomic E-state index is 13.6. The van der Waals surface area contributed by atoms with Gasteiger partial charge in [0.1, 0.15) is 0 Å². The van der Waals surface area contributed by atoms with Crippen LogP contribution in [0.3, 0.4) is 0 Å². The average Bonchev–Trinajstić information content (AvgIpc) is 3.20. The van der Waals surface area contributed by atoms with E-state index in [0.29, 0.717) is 22.4 Å². The number of likely N-dealkylation sites (tertiary alicyclic amines) is 1. The third-order valence-electron chi connectivity index (χ3n) is 6.40. The van der Waals surface area contributed by atoms with Crippen LogP contribution in [0.15, 0.2) is 53.4 Å². The fourth-order valence-corrected chi connectivity index (χ4v) is 8.29. The van der Waals surface area contributed by atoms with Crippen molar-refractivity contribution in [2.24, 2.45) is 5.73 Å². The van der Waals surface area contributed by atoms with E-state index in [1.165, 1.54) is 29.2 Å². The first-order valence-corrected chi connectivity index (χ1v) is 17.4. The van der Waals surface area contributed by atoms with Gasteiger partial charge in [0.2, 0.25) is 26.0 Å². The average molecular weight is 587 g/mol. The van der Waals surface area contributed by atoms with Crippen LogP contribution in [0, 0.1) is 0 Å². The SMILES string of the molecule is CN(C(=O)Cc1ccccc1N(S(C)(=O)=O)S(C)(=O)=O)[C@H](CN1CC[C@H](N)C1)c1cccc(S(C)(=O)=O)c1. The van der Waals surface area contributed by atoms with Gasteiger partial charge >= 0.3 is 0 Å². The molecule has 1 fully saturated rings. The molecule has 2 aromatic carbocycles. The Morgan fingerprint density at radius 3 is 2.18 bits per heavy atom. The molecule has 1 aliphatic rings. The van der Waals surface area contributed by atoms with Crippen molar-refractivity contribution in [2.45, 2.75) is 29.8 Å². The zero-order valence-electron chi connectivity index (χ0n) is 21.8. The molecule has 2 aromatic rings. The molecular weight excluding hydrogens is 552 g/mol. The van der Waals surface area contributed by atoms with Crippen LogP contribution in [0.5, 0.6) is 0 Å². The summed E-state index contributed by atoms with van der Waals surface area (Å²) in [4.78, 5) is 17.3. The Hall–Kier alpha value is -2.52. The van der Waals surface area contributed by atoms with Crippen LogP contribution in [0.4, 0.5) is 5.69 Å². The van der Waals surface area contributed by atoms with E-state index in [-0.39, 0.29) is 28.6 Å². The molecular formula is C24H34N4O7S3. The maximum absolute atomic E-state index is 13.6. The number of likely N-dealkylation sites (N-methyl/N-ethyl adjacent to an activating group) is 1. The van der Waals surface area contributed by atoms with Gasteiger partial charge in [-0.05, 0) is 42.3 Å². The third-order valence-corrected chi connectivity index (χ3v) is 10.7. The minimum absolute atomic E-state index is 0.00357. The minimum atomic E-state index is -4.21. The van der Waals surface area contributed by atoms with Gasteiger partial charge in [-0.25, -0.2) is 25.3 Å². The van der Waals surface area contributed by atoms with Crippen LogP contribution in [-0.4, -0.2) is 92.5 Å². The van der Waals surface area contributed by atoms with E-state index in [1.807, 2.05) is 0 Å². The lowest BCUT2D eigenvalue weighted by Gasteiger charge is -2.33. The summed E-state index contributed by atoms with van der Waals surface area (Å²) in [5.74, 6) is -0.405. The first-order valence-electron chi connectivity index (χ1n) is 11.8. The van der Waals surface area contributed by atoms with Crippen molar-refractivity contribution in [3.8, 4) is 0 Å². The molecule has 0 aromatic heterocycles. The number of amides is 1. The van der Waals surface area contributed by atoms with Crippen molar-refractivity contribution in [3.63, 3.8) is 0 Å². The lowest BCUT2D eigenvalue weighted by atomic mass is 10.0. The van der Waals surface area contributed by atoms with Crippen LogP contribution in [0.2, 0.25) is 0 Å². The molecule has 3 rings (SSSR count). The molecule has 2 atom stereocenters.